The largest absolute Gasteiger partial charge is 0.243 e. The molecule has 3 aromatic carbocycles. The van der Waals surface area contributed by atoms with Crippen LogP contribution in [0.5, 0.6) is 0 Å². The van der Waals surface area contributed by atoms with Gasteiger partial charge in [-0.3, -0.25) is 0 Å². The third-order valence-corrected chi connectivity index (χ3v) is 10.6. The van der Waals surface area contributed by atoms with Gasteiger partial charge in [0.15, 0.2) is 0 Å². The molecule has 0 aliphatic carbocycles. The molecule has 0 spiro atoms. The van der Waals surface area contributed by atoms with E-state index >= 15 is 0 Å². The molecule has 238 valence electrons. The van der Waals surface area contributed by atoms with Gasteiger partial charge < -0.3 is 0 Å². The Balaban J connectivity index is 1.33. The molecule has 0 bridgehead atoms. The van der Waals surface area contributed by atoms with Crippen molar-refractivity contribution in [2.24, 2.45) is 0 Å². The lowest BCUT2D eigenvalue weighted by Crippen LogP contribution is -2.02. The van der Waals surface area contributed by atoms with E-state index in [2.05, 4.69) is 90.5 Å². The fourth-order valence-electron chi connectivity index (χ4n) is 6.44. The summed E-state index contributed by atoms with van der Waals surface area (Å²) in [7, 11) is 0. The number of thiophene rings is 2. The van der Waals surface area contributed by atoms with Crippen molar-refractivity contribution >= 4 is 44.7 Å². The molecule has 5 nitrogen and oxygen atoms in total. The van der Waals surface area contributed by atoms with Crippen LogP contribution in [0, 0.1) is 0 Å². The zero-order valence-electron chi connectivity index (χ0n) is 27.1. The first kappa shape index (κ1) is 31.4. The van der Waals surface area contributed by atoms with Crippen molar-refractivity contribution in [2.75, 3.05) is 0 Å². The maximum Gasteiger partial charge on any atom is 0.124 e. The number of aryl methyl sites for hydroxylation is 1. The molecule has 7 heteroatoms. The summed E-state index contributed by atoms with van der Waals surface area (Å²) in [6.07, 6.45) is 13.1. The highest BCUT2D eigenvalue weighted by Gasteiger charge is 2.26. The summed E-state index contributed by atoms with van der Waals surface area (Å²) in [6, 6.07) is 29.4. The molecule has 0 radical (unpaired) electrons. The van der Waals surface area contributed by atoms with Crippen LogP contribution in [0.4, 0.5) is 0 Å². The molecule has 0 atom stereocenters. The predicted molar refractivity (Wildman–Crippen MR) is 200 cm³/mol. The molecule has 4 aromatic heterocycles. The van der Waals surface area contributed by atoms with Gasteiger partial charge in [-0.2, -0.15) is 15.0 Å². The van der Waals surface area contributed by atoms with Crippen LogP contribution in [0.1, 0.15) is 71.1 Å². The van der Waals surface area contributed by atoms with Crippen LogP contribution in [0.2, 0.25) is 0 Å². The number of aromatic nitrogens is 5. The van der Waals surface area contributed by atoms with Crippen LogP contribution in [-0.4, -0.2) is 25.0 Å². The second-order valence-electron chi connectivity index (χ2n) is 12.2. The number of hydrogen-bond donors (Lipinski definition) is 0. The molecule has 0 unspecified atom stereocenters. The number of rotatable bonds is 15. The Morgan fingerprint density at radius 3 is 1.36 bits per heavy atom. The lowest BCUT2D eigenvalue weighted by Gasteiger charge is -2.15. The van der Waals surface area contributed by atoms with Crippen LogP contribution >= 0.6 is 22.7 Å². The van der Waals surface area contributed by atoms with Gasteiger partial charge in [0.2, 0.25) is 0 Å². The Labute approximate surface area is 285 Å². The van der Waals surface area contributed by atoms with Crippen LogP contribution in [0.3, 0.4) is 0 Å². The average Bonchev–Trinajstić information content (AvgIpc) is 3.92. The van der Waals surface area contributed by atoms with Crippen molar-refractivity contribution < 1.29 is 0 Å². The third-order valence-electron chi connectivity index (χ3n) is 8.84. The molecule has 0 amide bonds. The second-order valence-corrected chi connectivity index (χ2v) is 14.1. The highest BCUT2D eigenvalue weighted by atomic mass is 32.1. The van der Waals surface area contributed by atoms with E-state index < -0.39 is 0 Å². The minimum absolute atomic E-state index is 0.806. The number of nitrogens with zero attached hydrogens (tertiary/aromatic N) is 5. The standard InChI is InChI=1S/C40H41N5S2/c1-2-3-4-5-6-7-8-9-10-17-26-45-43-39-33(31-24-18-27-46-31)37-38(34(40(39)44-45)32-25-19-28-47-32)42-36(30-22-15-12-16-23-30)35(41-37)29-20-13-11-14-21-29/h11-16,18-25,27-28H,2-10,17,26H2,1H3. The van der Waals surface area contributed by atoms with Gasteiger partial charge in [0.05, 0.1) is 17.9 Å². The second kappa shape index (κ2) is 15.1. The minimum atomic E-state index is 0.806. The molecule has 0 saturated carbocycles. The molecule has 7 aromatic rings. The molecule has 0 aliphatic heterocycles. The number of benzene rings is 3. The summed E-state index contributed by atoms with van der Waals surface area (Å²) in [5.74, 6) is 0. The van der Waals surface area contributed by atoms with Crippen molar-refractivity contribution in [2.45, 2.75) is 77.7 Å². The first-order valence-corrected chi connectivity index (χ1v) is 18.9. The van der Waals surface area contributed by atoms with Gasteiger partial charge in [-0.1, -0.05) is 138 Å². The van der Waals surface area contributed by atoms with E-state index in [0.717, 1.165) is 78.4 Å². The lowest BCUT2D eigenvalue weighted by molar-refractivity contribution is 0.483. The Morgan fingerprint density at radius 1 is 0.489 bits per heavy atom. The molecule has 7 rings (SSSR count). The normalized spacial score (nSPS) is 11.6. The number of hydrogen-bond acceptors (Lipinski definition) is 6. The van der Waals surface area contributed by atoms with Gasteiger partial charge in [0.1, 0.15) is 22.1 Å². The average molecular weight is 656 g/mol. The number of fused-ring (bicyclic) bond motifs is 2. The molecule has 0 aliphatic rings. The van der Waals surface area contributed by atoms with Gasteiger partial charge in [-0.25, -0.2) is 9.97 Å². The summed E-state index contributed by atoms with van der Waals surface area (Å²) in [5, 5.41) is 14.6. The summed E-state index contributed by atoms with van der Waals surface area (Å²) in [6.45, 7) is 3.09. The molecule has 0 N–H and O–H groups in total. The zero-order valence-corrected chi connectivity index (χ0v) is 28.7. The van der Waals surface area contributed by atoms with Crippen molar-refractivity contribution in [1.29, 1.82) is 0 Å². The van der Waals surface area contributed by atoms with E-state index in [0.29, 0.717) is 0 Å². The molecule has 4 heterocycles. The SMILES string of the molecule is CCCCCCCCCCCCn1nc2c(-c3cccs3)c3nc(-c4ccccc4)c(-c4ccccc4)nc3c(-c3cccs3)c2n1. The lowest BCUT2D eigenvalue weighted by atomic mass is 9.99. The molecule has 0 fully saturated rings. The fourth-order valence-corrected chi connectivity index (χ4v) is 7.98. The summed E-state index contributed by atoms with van der Waals surface area (Å²) >= 11 is 3.43. The molecular formula is C40H41N5S2. The third kappa shape index (κ3) is 6.92. The van der Waals surface area contributed by atoms with Crippen molar-refractivity contribution in [3.05, 3.63) is 95.7 Å². The summed E-state index contributed by atoms with van der Waals surface area (Å²) < 4.78 is 0. The quantitative estimate of drug-likeness (QED) is 0.103. The Hall–Kier alpha value is -4.20. The van der Waals surface area contributed by atoms with E-state index in [4.69, 9.17) is 20.2 Å². The molecule has 0 saturated heterocycles. The van der Waals surface area contributed by atoms with Crippen LogP contribution in [0.25, 0.3) is 65.5 Å². The Kier molecular flexibility index (Phi) is 10.1. The van der Waals surface area contributed by atoms with E-state index in [1.54, 1.807) is 22.7 Å². The Morgan fingerprint density at radius 2 is 0.936 bits per heavy atom. The first-order valence-electron chi connectivity index (χ1n) is 17.1. The van der Waals surface area contributed by atoms with Crippen molar-refractivity contribution in [3.63, 3.8) is 0 Å². The predicted octanol–water partition coefficient (Wildman–Crippen LogP) is 12.1. The maximum atomic E-state index is 5.51. The van der Waals surface area contributed by atoms with Gasteiger partial charge in [-0.05, 0) is 29.3 Å². The summed E-state index contributed by atoms with van der Waals surface area (Å²) in [5.41, 5.74) is 9.40. The van der Waals surface area contributed by atoms with E-state index in [-0.39, 0.29) is 0 Å². The molecular weight excluding hydrogens is 615 g/mol. The number of unbranched alkanes of at least 4 members (excludes halogenated alkanes) is 9. The van der Waals surface area contributed by atoms with Crippen LogP contribution in [-0.2, 0) is 6.54 Å². The van der Waals surface area contributed by atoms with E-state index in [1.807, 2.05) is 16.9 Å². The van der Waals surface area contributed by atoms with Crippen molar-refractivity contribution in [3.8, 4) is 43.4 Å². The summed E-state index contributed by atoms with van der Waals surface area (Å²) in [4.78, 5) is 15.2. The topological polar surface area (TPSA) is 56.5 Å². The highest BCUT2D eigenvalue weighted by Crippen LogP contribution is 2.45. The zero-order chi connectivity index (χ0) is 31.8. The first-order chi connectivity index (χ1) is 23.3. The minimum Gasteiger partial charge on any atom is -0.243 e. The van der Waals surface area contributed by atoms with Gasteiger partial charge in [-0.15, -0.1) is 22.7 Å². The van der Waals surface area contributed by atoms with Gasteiger partial charge >= 0.3 is 0 Å². The molecule has 47 heavy (non-hydrogen) atoms. The van der Waals surface area contributed by atoms with Gasteiger partial charge in [0.25, 0.3) is 0 Å². The maximum absolute atomic E-state index is 5.51. The van der Waals surface area contributed by atoms with E-state index in [9.17, 15) is 0 Å². The van der Waals surface area contributed by atoms with E-state index in [1.165, 1.54) is 57.8 Å². The monoisotopic (exact) mass is 655 g/mol. The Bertz CT molecular complexity index is 1880. The van der Waals surface area contributed by atoms with Crippen LogP contribution < -0.4 is 0 Å². The fraction of sp³-hybridized carbons (Fsp3) is 0.300. The van der Waals surface area contributed by atoms with Crippen molar-refractivity contribution in [1.82, 2.24) is 25.0 Å². The van der Waals surface area contributed by atoms with Gasteiger partial charge in [0, 0.05) is 32.0 Å². The highest BCUT2D eigenvalue weighted by molar-refractivity contribution is 7.14. The van der Waals surface area contributed by atoms with Crippen LogP contribution in [0.15, 0.2) is 95.7 Å². The smallest absolute Gasteiger partial charge is 0.124 e.